The molecule has 4 aromatic rings. The molecular formula is C25H19ClFN3O2. The summed E-state index contributed by atoms with van der Waals surface area (Å²) in [6.45, 7) is 3.42. The van der Waals surface area contributed by atoms with Crippen molar-refractivity contribution in [2.24, 2.45) is 0 Å². The van der Waals surface area contributed by atoms with Crippen LogP contribution in [0.5, 0.6) is 0 Å². The lowest BCUT2D eigenvalue weighted by Crippen LogP contribution is -2.25. The standard InChI is InChI=1S/C25H19ClFN3O2/c1-15-5-3-4-6-21(15)25(32)28-24-22(17-7-9-18(26)10-8-17)23(31)16(2)29-30(24)20-13-11-19(27)12-14-20/h3-14H,1-2H3,(H,28,32). The number of anilines is 1. The Hall–Kier alpha value is -3.77. The van der Waals surface area contributed by atoms with E-state index in [1.165, 1.54) is 28.9 Å². The van der Waals surface area contributed by atoms with E-state index in [4.69, 9.17) is 11.6 Å². The summed E-state index contributed by atoms with van der Waals surface area (Å²) in [7, 11) is 0. The van der Waals surface area contributed by atoms with Gasteiger partial charge < -0.3 is 5.32 Å². The van der Waals surface area contributed by atoms with Crippen LogP contribution in [0.2, 0.25) is 5.02 Å². The minimum absolute atomic E-state index is 0.183. The van der Waals surface area contributed by atoms with Crippen LogP contribution in [0.1, 0.15) is 21.6 Å². The van der Waals surface area contributed by atoms with Gasteiger partial charge in [0.25, 0.3) is 5.91 Å². The number of hydrogen-bond donors (Lipinski definition) is 1. The van der Waals surface area contributed by atoms with E-state index < -0.39 is 5.82 Å². The quantitative estimate of drug-likeness (QED) is 0.445. The fourth-order valence-corrected chi connectivity index (χ4v) is 3.54. The fourth-order valence-electron chi connectivity index (χ4n) is 3.41. The van der Waals surface area contributed by atoms with Crippen LogP contribution in [0.25, 0.3) is 16.8 Å². The Kier molecular flexibility index (Phi) is 5.88. The van der Waals surface area contributed by atoms with Crippen molar-refractivity contribution in [3.63, 3.8) is 0 Å². The average Bonchev–Trinajstić information content (AvgIpc) is 2.78. The molecule has 32 heavy (non-hydrogen) atoms. The summed E-state index contributed by atoms with van der Waals surface area (Å²) in [5, 5.41) is 7.77. The van der Waals surface area contributed by atoms with Gasteiger partial charge in [-0.1, -0.05) is 41.9 Å². The number of halogens is 2. The maximum atomic E-state index is 13.5. The molecular weight excluding hydrogens is 429 g/mol. The number of hydrogen-bond acceptors (Lipinski definition) is 3. The van der Waals surface area contributed by atoms with Crippen LogP contribution in [-0.2, 0) is 0 Å². The molecule has 0 fully saturated rings. The van der Waals surface area contributed by atoms with Crippen LogP contribution in [0, 0.1) is 19.7 Å². The van der Waals surface area contributed by atoms with Crippen molar-refractivity contribution >= 4 is 23.3 Å². The van der Waals surface area contributed by atoms with Crippen LogP contribution in [-0.4, -0.2) is 15.7 Å². The third-order valence-corrected chi connectivity index (χ3v) is 5.33. The third-order valence-electron chi connectivity index (χ3n) is 5.08. The zero-order valence-corrected chi connectivity index (χ0v) is 18.2. The molecule has 1 amide bonds. The van der Waals surface area contributed by atoms with Crippen LogP contribution >= 0.6 is 11.6 Å². The molecule has 0 bridgehead atoms. The summed E-state index contributed by atoms with van der Waals surface area (Å²) in [5.74, 6) is -0.614. The molecule has 4 rings (SSSR count). The molecule has 0 aliphatic carbocycles. The van der Waals surface area contributed by atoms with Crippen LogP contribution < -0.4 is 10.7 Å². The van der Waals surface area contributed by atoms with Gasteiger partial charge in [-0.05, 0) is 67.4 Å². The smallest absolute Gasteiger partial charge is 0.257 e. The molecule has 3 aromatic carbocycles. The largest absolute Gasteiger partial charge is 0.306 e. The molecule has 1 N–H and O–H groups in total. The number of carbonyl (C=O) groups excluding carboxylic acids is 1. The summed E-state index contributed by atoms with van der Waals surface area (Å²) in [6.07, 6.45) is 0. The van der Waals surface area contributed by atoms with Crippen molar-refractivity contribution < 1.29 is 9.18 Å². The molecule has 5 nitrogen and oxygen atoms in total. The summed E-state index contributed by atoms with van der Waals surface area (Å²) in [6, 6.07) is 19.5. The van der Waals surface area contributed by atoms with Crippen LogP contribution in [0.15, 0.2) is 77.6 Å². The number of aryl methyl sites for hydroxylation is 2. The first kappa shape index (κ1) is 21.5. The third kappa shape index (κ3) is 4.18. The van der Waals surface area contributed by atoms with E-state index in [0.29, 0.717) is 21.8 Å². The number of nitrogens with zero attached hydrogens (tertiary/aromatic N) is 2. The van der Waals surface area contributed by atoms with Gasteiger partial charge in [0.15, 0.2) is 0 Å². The predicted octanol–water partition coefficient (Wildman–Crippen LogP) is 5.56. The Labute approximate surface area is 189 Å². The molecule has 7 heteroatoms. The van der Waals surface area contributed by atoms with Gasteiger partial charge in [-0.3, -0.25) is 9.59 Å². The van der Waals surface area contributed by atoms with Crippen LogP contribution in [0.3, 0.4) is 0 Å². The van der Waals surface area contributed by atoms with Crippen molar-refractivity contribution in [1.29, 1.82) is 0 Å². The Morgan fingerprint density at radius 3 is 2.28 bits per heavy atom. The van der Waals surface area contributed by atoms with E-state index >= 15 is 0 Å². The maximum Gasteiger partial charge on any atom is 0.257 e. The second-order valence-electron chi connectivity index (χ2n) is 7.30. The van der Waals surface area contributed by atoms with E-state index in [9.17, 15) is 14.0 Å². The average molecular weight is 448 g/mol. The minimum Gasteiger partial charge on any atom is -0.306 e. The van der Waals surface area contributed by atoms with Crippen molar-refractivity contribution in [3.8, 4) is 16.8 Å². The van der Waals surface area contributed by atoms with E-state index in [-0.39, 0.29) is 28.4 Å². The molecule has 0 saturated carbocycles. The monoisotopic (exact) mass is 447 g/mol. The topological polar surface area (TPSA) is 64.0 Å². The van der Waals surface area contributed by atoms with Gasteiger partial charge in [-0.25, -0.2) is 9.07 Å². The highest BCUT2D eigenvalue weighted by Crippen LogP contribution is 2.29. The van der Waals surface area contributed by atoms with E-state index in [2.05, 4.69) is 10.4 Å². The summed E-state index contributed by atoms with van der Waals surface area (Å²) in [4.78, 5) is 26.3. The minimum atomic E-state index is -0.407. The van der Waals surface area contributed by atoms with E-state index in [1.807, 2.05) is 19.1 Å². The Morgan fingerprint density at radius 1 is 0.969 bits per heavy atom. The van der Waals surface area contributed by atoms with Gasteiger partial charge >= 0.3 is 0 Å². The first-order chi connectivity index (χ1) is 15.3. The molecule has 1 aromatic heterocycles. The van der Waals surface area contributed by atoms with Gasteiger partial charge in [-0.2, -0.15) is 5.10 Å². The summed E-state index contributed by atoms with van der Waals surface area (Å²) >= 11 is 6.03. The molecule has 1 heterocycles. The maximum absolute atomic E-state index is 13.5. The first-order valence-electron chi connectivity index (χ1n) is 9.88. The highest BCUT2D eigenvalue weighted by atomic mass is 35.5. The lowest BCUT2D eigenvalue weighted by Gasteiger charge is -2.19. The number of nitrogens with one attached hydrogen (secondary N) is 1. The highest BCUT2D eigenvalue weighted by Gasteiger charge is 2.21. The second kappa shape index (κ2) is 8.77. The molecule has 160 valence electrons. The van der Waals surface area contributed by atoms with Gasteiger partial charge in [0.05, 0.1) is 11.3 Å². The van der Waals surface area contributed by atoms with Crippen molar-refractivity contribution in [3.05, 3.63) is 111 Å². The second-order valence-corrected chi connectivity index (χ2v) is 7.74. The van der Waals surface area contributed by atoms with E-state index in [0.717, 1.165) is 5.56 Å². The zero-order chi connectivity index (χ0) is 22.8. The van der Waals surface area contributed by atoms with Crippen molar-refractivity contribution in [2.75, 3.05) is 5.32 Å². The normalized spacial score (nSPS) is 10.8. The number of amides is 1. The van der Waals surface area contributed by atoms with Gasteiger partial charge in [0.2, 0.25) is 5.43 Å². The lowest BCUT2D eigenvalue weighted by atomic mass is 10.0. The Morgan fingerprint density at radius 2 is 1.62 bits per heavy atom. The summed E-state index contributed by atoms with van der Waals surface area (Å²) < 4.78 is 15.0. The van der Waals surface area contributed by atoms with Crippen molar-refractivity contribution in [2.45, 2.75) is 13.8 Å². The molecule has 0 spiro atoms. The Balaban J connectivity index is 1.97. The van der Waals surface area contributed by atoms with Gasteiger partial charge in [-0.15, -0.1) is 0 Å². The molecule has 0 atom stereocenters. The molecule has 0 saturated heterocycles. The van der Waals surface area contributed by atoms with Crippen molar-refractivity contribution in [1.82, 2.24) is 9.78 Å². The predicted molar refractivity (Wildman–Crippen MR) is 124 cm³/mol. The molecule has 0 aliphatic rings. The zero-order valence-electron chi connectivity index (χ0n) is 17.4. The van der Waals surface area contributed by atoms with E-state index in [1.54, 1.807) is 43.3 Å². The highest BCUT2D eigenvalue weighted by molar-refractivity contribution is 6.30. The number of rotatable bonds is 4. The van der Waals surface area contributed by atoms with Crippen LogP contribution in [0.4, 0.5) is 10.2 Å². The van der Waals surface area contributed by atoms with Gasteiger partial charge in [0, 0.05) is 10.6 Å². The molecule has 0 radical (unpaired) electrons. The molecule has 0 unspecified atom stereocenters. The Bertz CT molecular complexity index is 1360. The molecule has 0 aliphatic heterocycles. The first-order valence-corrected chi connectivity index (χ1v) is 10.3. The summed E-state index contributed by atoms with van der Waals surface area (Å²) in [5.41, 5.74) is 2.48. The lowest BCUT2D eigenvalue weighted by molar-refractivity contribution is 0.102. The number of carbonyl (C=O) groups is 1. The fraction of sp³-hybridized carbons (Fsp3) is 0.0800. The number of benzene rings is 3. The number of aromatic nitrogens is 2. The SMILES string of the molecule is Cc1ccccc1C(=O)Nc1c(-c2ccc(Cl)cc2)c(=O)c(C)nn1-c1ccc(F)cc1. The van der Waals surface area contributed by atoms with Gasteiger partial charge in [0.1, 0.15) is 17.3 Å².